The van der Waals surface area contributed by atoms with Crippen molar-refractivity contribution in [1.29, 1.82) is 0 Å². The van der Waals surface area contributed by atoms with Crippen molar-refractivity contribution in [3.05, 3.63) is 18.2 Å². The van der Waals surface area contributed by atoms with Gasteiger partial charge in [0.15, 0.2) is 0 Å². The van der Waals surface area contributed by atoms with E-state index in [9.17, 15) is 9.59 Å². The highest BCUT2D eigenvalue weighted by Crippen LogP contribution is 2.29. The molecule has 10 nitrogen and oxygen atoms in total. The molecule has 2 rings (SSSR count). The molecule has 2 amide bonds. The van der Waals surface area contributed by atoms with Gasteiger partial charge in [0, 0.05) is 12.0 Å². The number of tetrazole rings is 1. The molecule has 0 bridgehead atoms. The zero-order chi connectivity index (χ0) is 19.1. The number of nitrogens with zero attached hydrogens (tertiary/aromatic N) is 4. The second-order valence-corrected chi connectivity index (χ2v) is 6.33. The number of benzene rings is 1. The van der Waals surface area contributed by atoms with Crippen molar-refractivity contribution in [2.24, 2.45) is 5.92 Å². The number of hydrazine groups is 1. The van der Waals surface area contributed by atoms with E-state index in [1.54, 1.807) is 39.2 Å². The van der Waals surface area contributed by atoms with Gasteiger partial charge in [-0.2, -0.15) is 4.68 Å². The standard InChI is InChI=1S/C15H20N6O4S/c1-9(2)14(23)17-16-13(22)8-26-15-18-19-20-21(15)11-6-5-10(24-3)7-12(11)25-4/h5-7,9H,8H2,1-4H3,(H,16,22)(H,17,23). The highest BCUT2D eigenvalue weighted by atomic mass is 32.2. The summed E-state index contributed by atoms with van der Waals surface area (Å²) in [5.41, 5.74) is 5.30. The average molecular weight is 380 g/mol. The van der Waals surface area contributed by atoms with Crippen molar-refractivity contribution in [1.82, 2.24) is 31.1 Å². The largest absolute Gasteiger partial charge is 0.497 e. The van der Waals surface area contributed by atoms with E-state index in [-0.39, 0.29) is 23.5 Å². The molecule has 140 valence electrons. The number of carbonyl (C=O) groups excluding carboxylic acids is 2. The average Bonchev–Trinajstić information content (AvgIpc) is 3.11. The molecule has 1 heterocycles. The Morgan fingerprint density at radius 1 is 1.23 bits per heavy atom. The topological polar surface area (TPSA) is 120 Å². The molecule has 1 aromatic carbocycles. The molecule has 1 aromatic heterocycles. The molecule has 11 heteroatoms. The third kappa shape index (κ3) is 4.85. The van der Waals surface area contributed by atoms with Crippen LogP contribution in [0.1, 0.15) is 13.8 Å². The van der Waals surface area contributed by atoms with Gasteiger partial charge in [0.25, 0.3) is 0 Å². The lowest BCUT2D eigenvalue weighted by Gasteiger charge is -2.11. The molecular formula is C15H20N6O4S. The molecule has 0 radical (unpaired) electrons. The lowest BCUT2D eigenvalue weighted by atomic mass is 10.2. The summed E-state index contributed by atoms with van der Waals surface area (Å²) in [6.45, 7) is 3.46. The highest BCUT2D eigenvalue weighted by Gasteiger charge is 2.16. The molecular weight excluding hydrogens is 360 g/mol. The van der Waals surface area contributed by atoms with Gasteiger partial charge >= 0.3 is 0 Å². The fraction of sp³-hybridized carbons (Fsp3) is 0.400. The summed E-state index contributed by atoms with van der Waals surface area (Å²) in [6.07, 6.45) is 0. The Morgan fingerprint density at radius 2 is 2.00 bits per heavy atom. The van der Waals surface area contributed by atoms with E-state index in [0.29, 0.717) is 22.3 Å². The Kier molecular flexibility index (Phi) is 6.78. The lowest BCUT2D eigenvalue weighted by molar-refractivity contribution is -0.129. The Labute approximate surface area is 154 Å². The number of carbonyl (C=O) groups is 2. The smallest absolute Gasteiger partial charge is 0.248 e. The van der Waals surface area contributed by atoms with Crippen molar-refractivity contribution in [2.45, 2.75) is 19.0 Å². The van der Waals surface area contributed by atoms with E-state index in [1.165, 1.54) is 11.8 Å². The zero-order valence-corrected chi connectivity index (χ0v) is 15.7. The van der Waals surface area contributed by atoms with Crippen LogP contribution >= 0.6 is 11.8 Å². The number of amides is 2. The van der Waals surface area contributed by atoms with E-state index in [4.69, 9.17) is 9.47 Å². The minimum atomic E-state index is -0.375. The van der Waals surface area contributed by atoms with Gasteiger partial charge in [-0.3, -0.25) is 20.4 Å². The first-order valence-corrected chi connectivity index (χ1v) is 8.67. The molecule has 0 aliphatic rings. The summed E-state index contributed by atoms with van der Waals surface area (Å²) in [4.78, 5) is 23.3. The van der Waals surface area contributed by atoms with E-state index >= 15 is 0 Å². The predicted octanol–water partition coefficient (Wildman–Crippen LogP) is 0.575. The minimum Gasteiger partial charge on any atom is -0.497 e. The van der Waals surface area contributed by atoms with Crippen molar-refractivity contribution >= 4 is 23.6 Å². The first-order valence-electron chi connectivity index (χ1n) is 7.68. The van der Waals surface area contributed by atoms with Gasteiger partial charge in [0.1, 0.15) is 17.2 Å². The number of rotatable bonds is 7. The number of aromatic nitrogens is 4. The van der Waals surface area contributed by atoms with E-state index in [1.807, 2.05) is 0 Å². The maximum atomic E-state index is 11.9. The molecule has 2 N–H and O–H groups in total. The van der Waals surface area contributed by atoms with E-state index in [0.717, 1.165) is 11.8 Å². The molecule has 2 aromatic rings. The Bertz CT molecular complexity index is 779. The molecule has 0 spiro atoms. The molecule has 0 atom stereocenters. The van der Waals surface area contributed by atoms with Crippen molar-refractivity contribution in [3.63, 3.8) is 0 Å². The van der Waals surface area contributed by atoms with Gasteiger partial charge in [-0.1, -0.05) is 25.6 Å². The quantitative estimate of drug-likeness (QED) is 0.528. The van der Waals surface area contributed by atoms with Crippen LogP contribution < -0.4 is 20.3 Å². The van der Waals surface area contributed by atoms with Crippen LogP contribution in [-0.4, -0.2) is 52.0 Å². The maximum Gasteiger partial charge on any atom is 0.248 e. The monoisotopic (exact) mass is 380 g/mol. The van der Waals surface area contributed by atoms with Crippen LogP contribution in [0.5, 0.6) is 11.5 Å². The second kappa shape index (κ2) is 9.04. The third-order valence-electron chi connectivity index (χ3n) is 3.24. The van der Waals surface area contributed by atoms with Crippen molar-refractivity contribution in [2.75, 3.05) is 20.0 Å². The van der Waals surface area contributed by atoms with Crippen LogP contribution in [0.2, 0.25) is 0 Å². The molecule has 0 fully saturated rings. The number of hydrogen-bond acceptors (Lipinski definition) is 8. The summed E-state index contributed by atoms with van der Waals surface area (Å²) in [5.74, 6) is 0.312. The number of methoxy groups -OCH3 is 2. The molecule has 0 aliphatic carbocycles. The Balaban J connectivity index is 2.05. The van der Waals surface area contributed by atoms with Crippen molar-refractivity contribution in [3.8, 4) is 17.2 Å². The summed E-state index contributed by atoms with van der Waals surface area (Å²) < 4.78 is 12.0. The first-order chi connectivity index (χ1) is 12.5. The molecule has 26 heavy (non-hydrogen) atoms. The van der Waals surface area contributed by atoms with Crippen LogP contribution in [0.25, 0.3) is 5.69 Å². The van der Waals surface area contributed by atoms with E-state index in [2.05, 4.69) is 26.4 Å². The minimum absolute atomic E-state index is 0.0250. The van der Waals surface area contributed by atoms with Crippen LogP contribution in [0.4, 0.5) is 0 Å². The summed E-state index contributed by atoms with van der Waals surface area (Å²) in [5, 5.41) is 11.9. The highest BCUT2D eigenvalue weighted by molar-refractivity contribution is 7.99. The fourth-order valence-corrected chi connectivity index (χ4v) is 2.51. The normalized spacial score (nSPS) is 10.5. The van der Waals surface area contributed by atoms with Crippen molar-refractivity contribution < 1.29 is 19.1 Å². The van der Waals surface area contributed by atoms with Crippen LogP contribution in [0.3, 0.4) is 0 Å². The SMILES string of the molecule is COc1ccc(-n2nnnc2SCC(=O)NNC(=O)C(C)C)c(OC)c1. The number of thioether (sulfide) groups is 1. The maximum absolute atomic E-state index is 11.9. The van der Waals surface area contributed by atoms with Gasteiger partial charge < -0.3 is 9.47 Å². The lowest BCUT2D eigenvalue weighted by Crippen LogP contribution is -2.44. The van der Waals surface area contributed by atoms with Gasteiger partial charge in [-0.25, -0.2) is 0 Å². The zero-order valence-electron chi connectivity index (χ0n) is 14.8. The molecule has 0 saturated heterocycles. The second-order valence-electron chi connectivity index (χ2n) is 5.39. The Hall–Kier alpha value is -2.82. The van der Waals surface area contributed by atoms with E-state index < -0.39 is 0 Å². The molecule has 0 aliphatic heterocycles. The van der Waals surface area contributed by atoms with Crippen LogP contribution in [0, 0.1) is 5.92 Å². The fourth-order valence-electron chi connectivity index (χ4n) is 1.82. The van der Waals surface area contributed by atoms with Crippen LogP contribution in [0.15, 0.2) is 23.4 Å². The predicted molar refractivity (Wildman–Crippen MR) is 94.1 cm³/mol. The number of nitrogens with one attached hydrogen (secondary N) is 2. The first kappa shape index (κ1) is 19.5. The van der Waals surface area contributed by atoms with Gasteiger partial charge in [0.05, 0.1) is 20.0 Å². The van der Waals surface area contributed by atoms with Gasteiger partial charge in [-0.05, 0) is 22.6 Å². The number of hydrogen-bond donors (Lipinski definition) is 2. The summed E-state index contributed by atoms with van der Waals surface area (Å²) in [7, 11) is 3.09. The molecule has 0 unspecified atom stereocenters. The summed E-state index contributed by atoms with van der Waals surface area (Å²) in [6, 6.07) is 5.21. The van der Waals surface area contributed by atoms with Gasteiger partial charge in [-0.15, -0.1) is 5.10 Å². The third-order valence-corrected chi connectivity index (χ3v) is 4.16. The molecule has 0 saturated carbocycles. The number of ether oxygens (including phenoxy) is 2. The Morgan fingerprint density at radius 3 is 2.65 bits per heavy atom. The van der Waals surface area contributed by atoms with Gasteiger partial charge in [0.2, 0.25) is 17.0 Å². The summed E-state index contributed by atoms with van der Waals surface area (Å²) >= 11 is 1.12. The van der Waals surface area contributed by atoms with Crippen LogP contribution in [-0.2, 0) is 9.59 Å².